The molecule has 0 aromatic heterocycles. The molecule has 0 spiro atoms. The number of ether oxygens (including phenoxy) is 1. The third-order valence-electron chi connectivity index (χ3n) is 1.41. The van der Waals surface area contributed by atoms with Gasteiger partial charge in [0.1, 0.15) is 5.84 Å². The second-order valence-corrected chi connectivity index (χ2v) is 2.83. The van der Waals surface area contributed by atoms with Crippen molar-refractivity contribution in [2.24, 2.45) is 10.9 Å². The summed E-state index contributed by atoms with van der Waals surface area (Å²) in [4.78, 5) is 12.5. The lowest BCUT2D eigenvalue weighted by atomic mass is 10.4. The molecule has 0 aliphatic rings. The SMILES string of the molecule is C=C(C)OC(=O)N(C)CC/C(N)=N/O. The lowest BCUT2D eigenvalue weighted by molar-refractivity contribution is 0.140. The first-order chi connectivity index (χ1) is 6.47. The maximum atomic E-state index is 11.2. The van der Waals surface area contributed by atoms with Crippen molar-refractivity contribution in [3.63, 3.8) is 0 Å². The molecule has 0 heterocycles. The molecule has 0 saturated heterocycles. The Bertz CT molecular complexity index is 250. The highest BCUT2D eigenvalue weighted by Gasteiger charge is 2.10. The summed E-state index contributed by atoms with van der Waals surface area (Å²) in [5, 5.41) is 11.0. The summed E-state index contributed by atoms with van der Waals surface area (Å²) >= 11 is 0. The number of carbonyl (C=O) groups is 1. The van der Waals surface area contributed by atoms with Crippen molar-refractivity contribution in [2.75, 3.05) is 13.6 Å². The molecule has 14 heavy (non-hydrogen) atoms. The minimum absolute atomic E-state index is 0.0694. The van der Waals surface area contributed by atoms with E-state index in [2.05, 4.69) is 11.7 Å². The number of rotatable bonds is 4. The highest BCUT2D eigenvalue weighted by Crippen LogP contribution is 1.98. The molecule has 0 rings (SSSR count). The largest absolute Gasteiger partial charge is 0.416 e. The Labute approximate surface area is 82.6 Å². The molecule has 3 N–H and O–H groups in total. The molecule has 0 bridgehead atoms. The first-order valence-corrected chi connectivity index (χ1v) is 4.02. The molecular weight excluding hydrogens is 186 g/mol. The summed E-state index contributed by atoms with van der Waals surface area (Å²) in [6.45, 7) is 5.33. The lowest BCUT2D eigenvalue weighted by Gasteiger charge is -2.15. The van der Waals surface area contributed by atoms with Crippen molar-refractivity contribution in [1.82, 2.24) is 4.90 Å². The highest BCUT2D eigenvalue weighted by molar-refractivity contribution is 5.80. The molecule has 0 unspecified atom stereocenters. The van der Waals surface area contributed by atoms with Crippen molar-refractivity contribution in [1.29, 1.82) is 0 Å². The van der Waals surface area contributed by atoms with Crippen LogP contribution in [0.4, 0.5) is 4.79 Å². The monoisotopic (exact) mass is 201 g/mol. The second-order valence-electron chi connectivity index (χ2n) is 2.83. The van der Waals surface area contributed by atoms with Gasteiger partial charge in [0.25, 0.3) is 0 Å². The molecule has 0 saturated carbocycles. The molecule has 0 aliphatic heterocycles. The van der Waals surface area contributed by atoms with Gasteiger partial charge in [0, 0.05) is 20.0 Å². The van der Waals surface area contributed by atoms with E-state index < -0.39 is 6.09 Å². The zero-order valence-corrected chi connectivity index (χ0v) is 8.36. The van der Waals surface area contributed by atoms with Gasteiger partial charge in [-0.3, -0.25) is 0 Å². The first-order valence-electron chi connectivity index (χ1n) is 4.02. The van der Waals surface area contributed by atoms with Crippen LogP contribution in [0.3, 0.4) is 0 Å². The van der Waals surface area contributed by atoms with Crippen LogP contribution in [0.25, 0.3) is 0 Å². The molecule has 0 aromatic carbocycles. The first kappa shape index (κ1) is 12.3. The molecule has 0 atom stereocenters. The molecule has 0 fully saturated rings. The molecule has 0 aliphatic carbocycles. The van der Waals surface area contributed by atoms with Crippen LogP contribution in [0.2, 0.25) is 0 Å². The summed E-state index contributed by atoms with van der Waals surface area (Å²) in [6, 6.07) is 0. The topological polar surface area (TPSA) is 88.2 Å². The average molecular weight is 201 g/mol. The smallest absolute Gasteiger partial charge is 0.414 e. The molecular formula is C8H15N3O3. The third kappa shape index (κ3) is 5.02. The van der Waals surface area contributed by atoms with E-state index in [-0.39, 0.29) is 12.3 Å². The van der Waals surface area contributed by atoms with Crippen LogP contribution in [-0.4, -0.2) is 35.6 Å². The number of nitrogens with two attached hydrogens (primary N) is 1. The Hall–Kier alpha value is -1.72. The summed E-state index contributed by atoms with van der Waals surface area (Å²) in [6.07, 6.45) is -0.221. The molecule has 80 valence electrons. The zero-order chi connectivity index (χ0) is 11.1. The normalized spacial score (nSPS) is 10.9. The number of hydrogen-bond acceptors (Lipinski definition) is 4. The van der Waals surface area contributed by atoms with Gasteiger partial charge in [-0.1, -0.05) is 11.7 Å². The van der Waals surface area contributed by atoms with Gasteiger partial charge in [-0.25, -0.2) is 4.79 Å². The molecule has 1 amide bonds. The Kier molecular flexibility index (Phi) is 5.13. The fourth-order valence-corrected chi connectivity index (χ4v) is 0.651. The van der Waals surface area contributed by atoms with E-state index in [9.17, 15) is 4.79 Å². The van der Waals surface area contributed by atoms with Gasteiger partial charge >= 0.3 is 6.09 Å². The van der Waals surface area contributed by atoms with E-state index in [1.54, 1.807) is 14.0 Å². The second kappa shape index (κ2) is 5.85. The number of amides is 1. The predicted octanol–water partition coefficient (Wildman–Crippen LogP) is 0.725. The van der Waals surface area contributed by atoms with Gasteiger partial charge in [0.15, 0.2) is 0 Å². The van der Waals surface area contributed by atoms with Crippen LogP contribution in [0.5, 0.6) is 0 Å². The number of hydrogen-bond donors (Lipinski definition) is 2. The summed E-state index contributed by atoms with van der Waals surface area (Å²) < 4.78 is 4.73. The van der Waals surface area contributed by atoms with Crippen molar-refractivity contribution in [3.8, 4) is 0 Å². The van der Waals surface area contributed by atoms with E-state index in [1.165, 1.54) is 4.90 Å². The fourth-order valence-electron chi connectivity index (χ4n) is 0.651. The quantitative estimate of drug-likeness (QED) is 0.231. The van der Waals surface area contributed by atoms with Crippen LogP contribution in [0, 0.1) is 0 Å². The molecule has 6 nitrogen and oxygen atoms in total. The molecule has 0 aromatic rings. The van der Waals surface area contributed by atoms with E-state index in [0.29, 0.717) is 12.3 Å². The van der Waals surface area contributed by atoms with Gasteiger partial charge < -0.3 is 20.6 Å². The Balaban J connectivity index is 3.90. The minimum atomic E-state index is -0.511. The van der Waals surface area contributed by atoms with E-state index >= 15 is 0 Å². The molecule has 0 radical (unpaired) electrons. The average Bonchev–Trinajstić information content (AvgIpc) is 2.12. The van der Waals surface area contributed by atoms with Gasteiger partial charge in [-0.15, -0.1) is 0 Å². The van der Waals surface area contributed by atoms with Crippen LogP contribution >= 0.6 is 0 Å². The lowest BCUT2D eigenvalue weighted by Crippen LogP contribution is -2.30. The standard InChI is InChI=1S/C8H15N3O3/c1-6(2)14-8(12)11(3)5-4-7(9)10-13/h13H,1,4-5H2,2-3H3,(H2,9,10). The van der Waals surface area contributed by atoms with Crippen LogP contribution in [0.1, 0.15) is 13.3 Å². The fraction of sp³-hybridized carbons (Fsp3) is 0.500. The summed E-state index contributed by atoms with van der Waals surface area (Å²) in [7, 11) is 1.55. The van der Waals surface area contributed by atoms with Crippen molar-refractivity contribution in [2.45, 2.75) is 13.3 Å². The number of carbonyl (C=O) groups excluding carboxylic acids is 1. The van der Waals surface area contributed by atoms with Crippen LogP contribution in [-0.2, 0) is 4.74 Å². The van der Waals surface area contributed by atoms with Gasteiger partial charge in [-0.2, -0.15) is 0 Å². The van der Waals surface area contributed by atoms with Gasteiger partial charge in [-0.05, 0) is 6.92 Å². The van der Waals surface area contributed by atoms with Gasteiger partial charge in [0.2, 0.25) is 0 Å². The summed E-state index contributed by atoms with van der Waals surface area (Å²) in [5.74, 6) is 0.394. The number of oxime groups is 1. The van der Waals surface area contributed by atoms with Crippen LogP contribution < -0.4 is 5.73 Å². The minimum Gasteiger partial charge on any atom is -0.416 e. The maximum absolute atomic E-state index is 11.2. The Morgan fingerprint density at radius 2 is 2.29 bits per heavy atom. The maximum Gasteiger partial charge on any atom is 0.414 e. The number of nitrogens with zero attached hydrogens (tertiary/aromatic N) is 2. The van der Waals surface area contributed by atoms with Crippen molar-refractivity contribution >= 4 is 11.9 Å². The van der Waals surface area contributed by atoms with Crippen LogP contribution in [0.15, 0.2) is 17.5 Å². The highest BCUT2D eigenvalue weighted by atomic mass is 16.6. The number of amidine groups is 1. The van der Waals surface area contributed by atoms with E-state index in [4.69, 9.17) is 15.7 Å². The molecule has 6 heteroatoms. The predicted molar refractivity (Wildman–Crippen MR) is 52.0 cm³/mol. The third-order valence-corrected chi connectivity index (χ3v) is 1.41. The van der Waals surface area contributed by atoms with Gasteiger partial charge in [0.05, 0.1) is 5.76 Å². The van der Waals surface area contributed by atoms with E-state index in [1.807, 2.05) is 0 Å². The van der Waals surface area contributed by atoms with E-state index in [0.717, 1.165) is 0 Å². The zero-order valence-electron chi connectivity index (χ0n) is 8.36. The summed E-state index contributed by atoms with van der Waals surface area (Å²) in [5.41, 5.74) is 5.23. The van der Waals surface area contributed by atoms with Crippen molar-refractivity contribution in [3.05, 3.63) is 12.3 Å². The Morgan fingerprint density at radius 3 is 2.71 bits per heavy atom. The van der Waals surface area contributed by atoms with Crippen molar-refractivity contribution < 1.29 is 14.7 Å². The number of allylic oxidation sites excluding steroid dienone is 1. The Morgan fingerprint density at radius 1 is 1.71 bits per heavy atom.